The summed E-state index contributed by atoms with van der Waals surface area (Å²) in [7, 11) is 0. The number of nitrogens with zero attached hydrogens (tertiary/aromatic N) is 2. The zero-order chi connectivity index (χ0) is 21.8. The fourth-order valence-electron chi connectivity index (χ4n) is 3.16. The molecule has 4 rings (SSSR count). The van der Waals surface area contributed by atoms with Crippen LogP contribution in [0.5, 0.6) is 0 Å². The van der Waals surface area contributed by atoms with Crippen LogP contribution < -0.4 is 10.6 Å². The number of fused-ring (bicyclic) bond motifs is 1. The van der Waals surface area contributed by atoms with Crippen LogP contribution >= 0.6 is 0 Å². The third-order valence-electron chi connectivity index (χ3n) is 4.60. The van der Waals surface area contributed by atoms with Crippen LogP contribution in [0.2, 0.25) is 0 Å². The minimum absolute atomic E-state index is 0.0649. The number of rotatable bonds is 7. The Hall–Kier alpha value is -4.01. The maximum Gasteiger partial charge on any atom is 0.320 e. The monoisotopic (exact) mass is 424 g/mol. The highest BCUT2D eigenvalue weighted by molar-refractivity contribution is 5.93. The van der Waals surface area contributed by atoms with Crippen molar-refractivity contribution in [2.75, 3.05) is 11.9 Å². The van der Waals surface area contributed by atoms with Crippen LogP contribution in [0.3, 0.4) is 0 Å². The lowest BCUT2D eigenvalue weighted by Crippen LogP contribution is -2.27. The first-order valence-electron chi connectivity index (χ1n) is 9.50. The van der Waals surface area contributed by atoms with Crippen molar-refractivity contribution in [3.8, 4) is 11.4 Å². The molecule has 4 aromatic rings. The molecule has 0 fully saturated rings. The van der Waals surface area contributed by atoms with E-state index in [4.69, 9.17) is 4.42 Å². The fourth-order valence-corrected chi connectivity index (χ4v) is 3.16. The van der Waals surface area contributed by atoms with Gasteiger partial charge in [-0.05, 0) is 48.5 Å². The van der Waals surface area contributed by atoms with Gasteiger partial charge in [-0.15, -0.1) is 0 Å². The molecule has 0 unspecified atom stereocenters. The summed E-state index contributed by atoms with van der Waals surface area (Å²) >= 11 is 0. The molecule has 2 heterocycles. The summed E-state index contributed by atoms with van der Waals surface area (Å²) in [5.74, 6) is -0.378. The molecule has 31 heavy (non-hydrogen) atoms. The van der Waals surface area contributed by atoms with Gasteiger partial charge in [-0.25, -0.2) is 4.98 Å². The minimum atomic E-state index is -2.74. The zero-order valence-electron chi connectivity index (χ0n) is 16.2. The van der Waals surface area contributed by atoms with Gasteiger partial charge in [-0.3, -0.25) is 14.2 Å². The van der Waals surface area contributed by atoms with Gasteiger partial charge in [0, 0.05) is 24.2 Å². The highest BCUT2D eigenvalue weighted by Gasteiger charge is 2.18. The van der Waals surface area contributed by atoms with Gasteiger partial charge in [-0.2, -0.15) is 8.78 Å². The predicted molar refractivity (Wildman–Crippen MR) is 111 cm³/mol. The number of imidazole rings is 1. The van der Waals surface area contributed by atoms with E-state index in [1.54, 1.807) is 54.6 Å². The number of carbonyl (C=O) groups is 2. The molecule has 0 aliphatic carbocycles. The first-order chi connectivity index (χ1) is 15.0. The van der Waals surface area contributed by atoms with Crippen LogP contribution in [0, 0.1) is 0 Å². The van der Waals surface area contributed by atoms with Crippen molar-refractivity contribution in [1.29, 1.82) is 0 Å². The average molecular weight is 424 g/mol. The Labute approximate surface area is 175 Å². The van der Waals surface area contributed by atoms with E-state index in [9.17, 15) is 18.4 Å². The van der Waals surface area contributed by atoms with E-state index in [0.29, 0.717) is 22.3 Å². The quantitative estimate of drug-likeness (QED) is 0.459. The van der Waals surface area contributed by atoms with Crippen molar-refractivity contribution in [2.24, 2.45) is 0 Å². The largest absolute Gasteiger partial charge is 0.459 e. The second-order valence-electron chi connectivity index (χ2n) is 6.68. The lowest BCUT2D eigenvalue weighted by atomic mass is 10.2. The molecule has 0 bridgehead atoms. The number of amides is 2. The number of hydrogen-bond donors (Lipinski definition) is 2. The van der Waals surface area contributed by atoms with Gasteiger partial charge in [0.25, 0.3) is 5.91 Å². The lowest BCUT2D eigenvalue weighted by molar-refractivity contribution is -0.116. The summed E-state index contributed by atoms with van der Waals surface area (Å²) in [6.45, 7) is -2.60. The van der Waals surface area contributed by atoms with E-state index < -0.39 is 12.5 Å². The number of para-hydroxylation sites is 2. The summed E-state index contributed by atoms with van der Waals surface area (Å²) in [6.07, 6.45) is 1.46. The van der Waals surface area contributed by atoms with Crippen molar-refractivity contribution in [1.82, 2.24) is 14.9 Å². The number of nitrogens with one attached hydrogen (secondary N) is 2. The molecule has 2 aromatic heterocycles. The number of anilines is 1. The Kier molecular flexibility index (Phi) is 5.74. The van der Waals surface area contributed by atoms with E-state index in [-0.39, 0.29) is 30.5 Å². The van der Waals surface area contributed by atoms with E-state index >= 15 is 0 Å². The van der Waals surface area contributed by atoms with Crippen molar-refractivity contribution in [3.63, 3.8) is 0 Å². The lowest BCUT2D eigenvalue weighted by Gasteiger charge is -2.09. The highest BCUT2D eigenvalue weighted by atomic mass is 19.3. The summed E-state index contributed by atoms with van der Waals surface area (Å²) in [4.78, 5) is 28.2. The molecule has 0 atom stereocenters. The molecule has 2 amide bonds. The maximum atomic E-state index is 13.6. The summed E-state index contributed by atoms with van der Waals surface area (Å²) in [5, 5.41) is 5.29. The third kappa shape index (κ3) is 4.45. The third-order valence-corrected chi connectivity index (χ3v) is 4.60. The Morgan fingerprint density at radius 2 is 1.81 bits per heavy atom. The smallest absolute Gasteiger partial charge is 0.320 e. The molecule has 0 spiro atoms. The minimum Gasteiger partial charge on any atom is -0.459 e. The number of hydrogen-bond acceptors (Lipinski definition) is 4. The highest BCUT2D eigenvalue weighted by Crippen LogP contribution is 2.30. The number of halogens is 2. The molecule has 0 saturated heterocycles. The van der Waals surface area contributed by atoms with Gasteiger partial charge in [0.15, 0.2) is 5.76 Å². The van der Waals surface area contributed by atoms with Gasteiger partial charge in [0.1, 0.15) is 5.82 Å². The Bertz CT molecular complexity index is 1200. The van der Waals surface area contributed by atoms with Crippen LogP contribution in [0.4, 0.5) is 14.5 Å². The number of furan rings is 1. The Balaban J connectivity index is 1.39. The van der Waals surface area contributed by atoms with E-state index in [2.05, 4.69) is 15.6 Å². The van der Waals surface area contributed by atoms with E-state index in [1.807, 2.05) is 0 Å². The number of aromatic nitrogens is 2. The summed E-state index contributed by atoms with van der Waals surface area (Å²) in [5.41, 5.74) is 1.83. The SMILES string of the molecule is O=C(CCNC(=O)c1ccco1)Nc1ccc(-c2nc3ccccc3n2C(F)F)cc1. The van der Waals surface area contributed by atoms with Crippen molar-refractivity contribution in [2.45, 2.75) is 13.0 Å². The van der Waals surface area contributed by atoms with Crippen LogP contribution in [-0.4, -0.2) is 27.9 Å². The fraction of sp³-hybridized carbons (Fsp3) is 0.136. The van der Waals surface area contributed by atoms with E-state index in [0.717, 1.165) is 4.57 Å². The molecule has 0 saturated carbocycles. The maximum absolute atomic E-state index is 13.6. The molecule has 2 aromatic carbocycles. The molecule has 0 aliphatic heterocycles. The predicted octanol–water partition coefficient (Wildman–Crippen LogP) is 4.45. The zero-order valence-corrected chi connectivity index (χ0v) is 16.2. The normalized spacial score (nSPS) is 11.1. The molecule has 158 valence electrons. The van der Waals surface area contributed by atoms with Gasteiger partial charge in [0.05, 0.1) is 17.3 Å². The number of benzene rings is 2. The van der Waals surface area contributed by atoms with Gasteiger partial charge >= 0.3 is 6.55 Å². The van der Waals surface area contributed by atoms with Crippen LogP contribution in [-0.2, 0) is 4.79 Å². The molecular weight excluding hydrogens is 406 g/mol. The van der Waals surface area contributed by atoms with Gasteiger partial charge in [0.2, 0.25) is 5.91 Å². The first-order valence-corrected chi connectivity index (χ1v) is 9.50. The van der Waals surface area contributed by atoms with Gasteiger partial charge in [-0.1, -0.05) is 12.1 Å². The van der Waals surface area contributed by atoms with Crippen LogP contribution in [0.15, 0.2) is 71.3 Å². The number of carbonyl (C=O) groups excluding carboxylic acids is 2. The van der Waals surface area contributed by atoms with E-state index in [1.165, 1.54) is 12.3 Å². The molecule has 0 aliphatic rings. The standard InChI is InChI=1S/C22H18F2N4O3/c23-22(24)28-17-5-2-1-4-16(17)27-20(28)14-7-9-15(10-8-14)26-19(29)11-12-25-21(30)18-6-3-13-31-18/h1-10,13,22H,11-12H2,(H,25,30)(H,26,29). The second-order valence-corrected chi connectivity index (χ2v) is 6.68. The molecular formula is C22H18F2N4O3. The molecule has 2 N–H and O–H groups in total. The average Bonchev–Trinajstić information content (AvgIpc) is 3.42. The first kappa shape index (κ1) is 20.3. The van der Waals surface area contributed by atoms with Crippen molar-refractivity contribution < 1.29 is 22.8 Å². The molecule has 9 heteroatoms. The van der Waals surface area contributed by atoms with Crippen molar-refractivity contribution >= 4 is 28.5 Å². The van der Waals surface area contributed by atoms with Crippen molar-refractivity contribution in [3.05, 3.63) is 72.7 Å². The van der Waals surface area contributed by atoms with Crippen LogP contribution in [0.1, 0.15) is 23.5 Å². The second kappa shape index (κ2) is 8.78. The Morgan fingerprint density at radius 1 is 1.03 bits per heavy atom. The summed E-state index contributed by atoms with van der Waals surface area (Å²) in [6, 6.07) is 16.3. The molecule has 7 nitrogen and oxygen atoms in total. The Morgan fingerprint density at radius 3 is 2.52 bits per heavy atom. The summed E-state index contributed by atoms with van der Waals surface area (Å²) < 4.78 is 33.1. The number of alkyl halides is 2. The molecule has 0 radical (unpaired) electrons. The van der Waals surface area contributed by atoms with Crippen LogP contribution in [0.25, 0.3) is 22.4 Å². The van der Waals surface area contributed by atoms with Gasteiger partial charge < -0.3 is 15.1 Å². The topological polar surface area (TPSA) is 89.2 Å².